The molecule has 3 nitrogen and oxygen atoms in total. The molecule has 0 saturated carbocycles. The van der Waals surface area contributed by atoms with Gasteiger partial charge in [-0.1, -0.05) is 19.1 Å². The van der Waals surface area contributed by atoms with Crippen molar-refractivity contribution in [3.63, 3.8) is 0 Å². The maximum absolute atomic E-state index is 10.9. The molecule has 0 amide bonds. The number of nitrogens with one attached hydrogen (secondary N) is 1. The highest BCUT2D eigenvalue weighted by Crippen LogP contribution is 2.23. The summed E-state index contributed by atoms with van der Waals surface area (Å²) in [5, 5.41) is 8.23. The molecule has 0 aromatic rings. The van der Waals surface area contributed by atoms with Crippen LogP contribution in [0.25, 0.3) is 0 Å². The van der Waals surface area contributed by atoms with E-state index in [0.29, 0.717) is 10.1 Å². The second-order valence-corrected chi connectivity index (χ2v) is 4.75. The van der Waals surface area contributed by atoms with Crippen molar-refractivity contribution in [2.45, 2.75) is 27.2 Å². The van der Waals surface area contributed by atoms with Crippen molar-refractivity contribution in [1.29, 1.82) is 5.41 Å². The maximum Gasteiger partial charge on any atom is 0.161 e. The molecule has 4 heteroatoms. The van der Waals surface area contributed by atoms with Crippen LogP contribution < -0.4 is 0 Å². The minimum atomic E-state index is 0.393. The normalized spacial score (nSPS) is 11.8. The van der Waals surface area contributed by atoms with Crippen LogP contribution >= 0.6 is 11.8 Å². The van der Waals surface area contributed by atoms with E-state index in [0.717, 1.165) is 30.4 Å². The number of carbonyl (C=O) groups excluding carboxylic acids is 1. The molecule has 1 N–H and O–H groups in total. The van der Waals surface area contributed by atoms with Crippen molar-refractivity contribution >= 4 is 23.2 Å². The number of thioether (sulfide) groups is 1. The number of allylic oxidation sites excluding steroid dienone is 3. The van der Waals surface area contributed by atoms with Crippen LogP contribution in [0, 0.1) is 5.41 Å². The van der Waals surface area contributed by atoms with Crippen molar-refractivity contribution in [3.05, 3.63) is 22.6 Å². The molecule has 0 heterocycles. The Bertz CT molecular complexity index is 321. The van der Waals surface area contributed by atoms with Gasteiger partial charge in [0.25, 0.3) is 0 Å². The predicted molar refractivity (Wildman–Crippen MR) is 71.8 cm³/mol. The van der Waals surface area contributed by atoms with E-state index >= 15 is 0 Å². The van der Waals surface area contributed by atoms with Crippen molar-refractivity contribution < 1.29 is 4.79 Å². The smallest absolute Gasteiger partial charge is 0.161 e. The van der Waals surface area contributed by atoms with Crippen molar-refractivity contribution in [1.82, 2.24) is 4.90 Å². The lowest BCUT2D eigenvalue weighted by Crippen LogP contribution is -2.24. The largest absolute Gasteiger partial charge is 0.354 e. The number of aldehydes is 1. The lowest BCUT2D eigenvalue weighted by atomic mass is 10.1. The molecule has 0 saturated heterocycles. The number of hydrogen-bond donors (Lipinski definition) is 1. The molecular formula is C12H20N2OS. The summed E-state index contributed by atoms with van der Waals surface area (Å²) in [7, 11) is 1.86. The summed E-state index contributed by atoms with van der Waals surface area (Å²) in [5.41, 5.74) is 1.72. The molecule has 0 aromatic heterocycles. The first-order valence-electron chi connectivity index (χ1n) is 5.23. The Kier molecular flexibility index (Phi) is 6.81. The van der Waals surface area contributed by atoms with Gasteiger partial charge >= 0.3 is 0 Å². The Hall–Kier alpha value is -1.03. The highest BCUT2D eigenvalue weighted by molar-refractivity contribution is 8.17. The molecule has 0 atom stereocenters. The average molecular weight is 240 g/mol. The molecule has 0 aliphatic carbocycles. The second kappa shape index (κ2) is 7.28. The third-order valence-corrected chi connectivity index (χ3v) is 3.36. The third-order valence-electron chi connectivity index (χ3n) is 2.23. The van der Waals surface area contributed by atoms with Crippen LogP contribution in [0.5, 0.6) is 0 Å². The fraction of sp³-hybridized carbons (Fsp3) is 0.500. The molecular weight excluding hydrogens is 220 g/mol. The first-order chi connectivity index (χ1) is 7.43. The summed E-state index contributed by atoms with van der Waals surface area (Å²) in [5.74, 6) is 0. The maximum atomic E-state index is 10.9. The average Bonchev–Trinajstić information content (AvgIpc) is 2.24. The number of rotatable bonds is 5. The van der Waals surface area contributed by atoms with E-state index in [2.05, 4.69) is 13.5 Å². The third kappa shape index (κ3) is 4.66. The molecule has 0 bridgehead atoms. The number of amidine groups is 1. The Morgan fingerprint density at radius 2 is 2.06 bits per heavy atom. The summed E-state index contributed by atoms with van der Waals surface area (Å²) in [6.45, 7) is 10.4. The summed E-state index contributed by atoms with van der Waals surface area (Å²) in [6.07, 6.45) is 1.78. The van der Waals surface area contributed by atoms with E-state index < -0.39 is 0 Å². The summed E-state index contributed by atoms with van der Waals surface area (Å²) >= 11 is 1.19. The van der Waals surface area contributed by atoms with Gasteiger partial charge in [-0.25, -0.2) is 0 Å². The minimum absolute atomic E-state index is 0.393. The molecule has 0 aliphatic rings. The van der Waals surface area contributed by atoms with Gasteiger partial charge in [0.15, 0.2) is 11.5 Å². The highest BCUT2D eigenvalue weighted by Gasteiger charge is 2.10. The van der Waals surface area contributed by atoms with Gasteiger partial charge in [-0.3, -0.25) is 10.2 Å². The van der Waals surface area contributed by atoms with E-state index in [1.807, 2.05) is 25.8 Å². The molecule has 90 valence electrons. The minimum Gasteiger partial charge on any atom is -0.354 e. The summed E-state index contributed by atoms with van der Waals surface area (Å²) in [4.78, 5) is 13.3. The van der Waals surface area contributed by atoms with Crippen LogP contribution in [0.15, 0.2) is 22.6 Å². The van der Waals surface area contributed by atoms with Gasteiger partial charge in [0.05, 0.1) is 4.91 Å². The molecule has 0 aromatic carbocycles. The Labute approximate surface area is 102 Å². The van der Waals surface area contributed by atoms with Gasteiger partial charge in [0, 0.05) is 13.6 Å². The first-order valence-corrected chi connectivity index (χ1v) is 6.05. The summed E-state index contributed by atoms with van der Waals surface area (Å²) in [6, 6.07) is 0. The van der Waals surface area contributed by atoms with E-state index in [1.54, 1.807) is 0 Å². The first kappa shape index (κ1) is 15.0. The van der Waals surface area contributed by atoms with Gasteiger partial charge < -0.3 is 4.90 Å². The van der Waals surface area contributed by atoms with Gasteiger partial charge in [-0.05, 0) is 37.6 Å². The monoisotopic (exact) mass is 240 g/mol. The second-order valence-electron chi connectivity index (χ2n) is 3.72. The fourth-order valence-electron chi connectivity index (χ4n) is 1.02. The van der Waals surface area contributed by atoms with Crippen LogP contribution in [0.3, 0.4) is 0 Å². The molecule has 0 fully saturated rings. The fourth-order valence-corrected chi connectivity index (χ4v) is 1.85. The number of hydrogen-bond acceptors (Lipinski definition) is 3. The van der Waals surface area contributed by atoms with E-state index in [-0.39, 0.29) is 0 Å². The Balaban J connectivity index is 4.69. The lowest BCUT2D eigenvalue weighted by molar-refractivity contribution is -0.104. The van der Waals surface area contributed by atoms with E-state index in [4.69, 9.17) is 5.41 Å². The van der Waals surface area contributed by atoms with Gasteiger partial charge in [0.2, 0.25) is 0 Å². The molecule has 0 spiro atoms. The molecule has 0 unspecified atom stereocenters. The van der Waals surface area contributed by atoms with Crippen LogP contribution in [-0.4, -0.2) is 29.9 Å². The predicted octanol–water partition coefficient (Wildman–Crippen LogP) is 3.05. The molecule has 0 rings (SSSR count). The van der Waals surface area contributed by atoms with E-state index in [1.165, 1.54) is 11.8 Å². The zero-order chi connectivity index (χ0) is 12.7. The zero-order valence-corrected chi connectivity index (χ0v) is 11.3. The van der Waals surface area contributed by atoms with Crippen molar-refractivity contribution in [2.75, 3.05) is 13.6 Å². The zero-order valence-electron chi connectivity index (χ0n) is 10.5. The number of carbonyl (C=O) groups is 1. The summed E-state index contributed by atoms with van der Waals surface area (Å²) < 4.78 is 0. The number of nitrogens with zero attached hydrogens (tertiary/aromatic N) is 1. The van der Waals surface area contributed by atoms with Crippen LogP contribution in [0.4, 0.5) is 0 Å². The Morgan fingerprint density at radius 1 is 1.50 bits per heavy atom. The SMILES string of the molecule is C=C(C)/C(C)=C(/C=O)SC(=N)N(C)CCC. The van der Waals surface area contributed by atoms with Gasteiger partial charge in [0.1, 0.15) is 0 Å². The quantitative estimate of drug-likeness (QED) is 0.264. The van der Waals surface area contributed by atoms with Crippen LogP contribution in [0.1, 0.15) is 27.2 Å². The van der Waals surface area contributed by atoms with Crippen molar-refractivity contribution in [2.24, 2.45) is 0 Å². The van der Waals surface area contributed by atoms with Crippen molar-refractivity contribution in [3.8, 4) is 0 Å². The van der Waals surface area contributed by atoms with Gasteiger partial charge in [-0.2, -0.15) is 0 Å². The standard InChI is InChI=1S/C12H20N2OS/c1-6-7-14(5)12(13)16-11(8-15)10(4)9(2)3/h8,13H,2,6-7H2,1,3-5H3/b11-10-,13-12?. The molecule has 0 radical (unpaired) electrons. The van der Waals surface area contributed by atoms with Crippen LogP contribution in [-0.2, 0) is 4.79 Å². The highest BCUT2D eigenvalue weighted by atomic mass is 32.2. The van der Waals surface area contributed by atoms with Gasteiger partial charge in [-0.15, -0.1) is 0 Å². The molecule has 0 aliphatic heterocycles. The van der Waals surface area contributed by atoms with Crippen LogP contribution in [0.2, 0.25) is 0 Å². The Morgan fingerprint density at radius 3 is 2.44 bits per heavy atom. The topological polar surface area (TPSA) is 44.2 Å². The lowest BCUT2D eigenvalue weighted by Gasteiger charge is -2.18. The molecule has 16 heavy (non-hydrogen) atoms. The van der Waals surface area contributed by atoms with E-state index in [9.17, 15) is 4.79 Å².